The summed E-state index contributed by atoms with van der Waals surface area (Å²) in [6.07, 6.45) is 4.89. The van der Waals surface area contributed by atoms with Gasteiger partial charge in [0, 0.05) is 25.5 Å². The molecular formula is C17H19N5O2S. The number of hydrogen-bond donors (Lipinski definition) is 0. The first-order chi connectivity index (χ1) is 12.0. The van der Waals surface area contributed by atoms with E-state index in [1.54, 1.807) is 30.8 Å². The van der Waals surface area contributed by atoms with Gasteiger partial charge in [-0.15, -0.1) is 11.8 Å². The molecule has 1 amide bonds. The van der Waals surface area contributed by atoms with Crippen molar-refractivity contribution in [2.24, 2.45) is 7.05 Å². The van der Waals surface area contributed by atoms with Crippen molar-refractivity contribution in [2.45, 2.75) is 18.0 Å². The minimum absolute atomic E-state index is 0.0456. The highest BCUT2D eigenvalue weighted by atomic mass is 32.2. The second kappa shape index (κ2) is 7.10. The third-order valence-corrected chi connectivity index (χ3v) is 4.77. The van der Waals surface area contributed by atoms with Crippen molar-refractivity contribution in [1.82, 2.24) is 24.2 Å². The molecule has 8 heteroatoms. The van der Waals surface area contributed by atoms with Crippen molar-refractivity contribution in [2.75, 3.05) is 13.3 Å². The maximum atomic E-state index is 12.4. The fourth-order valence-electron chi connectivity index (χ4n) is 2.54. The van der Waals surface area contributed by atoms with E-state index in [9.17, 15) is 9.59 Å². The fraction of sp³-hybridized carbons (Fsp3) is 0.294. The number of hydrogen-bond acceptors (Lipinski definition) is 5. The monoisotopic (exact) mass is 357 g/mol. The second-order valence-corrected chi connectivity index (χ2v) is 6.66. The summed E-state index contributed by atoms with van der Waals surface area (Å²) in [5.41, 5.74) is 1.29. The van der Waals surface area contributed by atoms with Crippen LogP contribution in [0.3, 0.4) is 0 Å². The molecule has 25 heavy (non-hydrogen) atoms. The Bertz CT molecular complexity index is 961. The number of carbonyl (C=O) groups excluding carboxylic acids is 1. The lowest BCUT2D eigenvalue weighted by Crippen LogP contribution is -2.33. The molecule has 2 heterocycles. The van der Waals surface area contributed by atoms with Crippen LogP contribution in [0.4, 0.5) is 0 Å². The van der Waals surface area contributed by atoms with Gasteiger partial charge in [-0.2, -0.15) is 5.10 Å². The summed E-state index contributed by atoms with van der Waals surface area (Å²) in [6.45, 7) is 0.445. The van der Waals surface area contributed by atoms with E-state index < -0.39 is 0 Å². The molecule has 2 aromatic heterocycles. The molecule has 0 radical (unpaired) electrons. The summed E-state index contributed by atoms with van der Waals surface area (Å²) in [7, 11) is 3.45. The SMILES string of the molecule is CSc1ccc(CN(C)C(=O)Cn2cnc3c(cnn3C)c2=O)cc1. The van der Waals surface area contributed by atoms with Gasteiger partial charge in [-0.3, -0.25) is 18.8 Å². The molecule has 0 fully saturated rings. The summed E-state index contributed by atoms with van der Waals surface area (Å²) in [6, 6.07) is 8.07. The zero-order valence-corrected chi connectivity index (χ0v) is 15.2. The molecule has 3 rings (SSSR count). The summed E-state index contributed by atoms with van der Waals surface area (Å²) >= 11 is 1.68. The van der Waals surface area contributed by atoms with Gasteiger partial charge >= 0.3 is 0 Å². The second-order valence-electron chi connectivity index (χ2n) is 5.78. The standard InChI is InChI=1S/C17H19N5O2S/c1-20(9-12-4-6-13(25-3)7-5-12)15(23)10-22-11-18-16-14(17(22)24)8-19-21(16)2/h4-8,11H,9-10H2,1-3H3. The normalized spacial score (nSPS) is 11.0. The van der Waals surface area contributed by atoms with Gasteiger partial charge in [0.15, 0.2) is 5.65 Å². The topological polar surface area (TPSA) is 73.0 Å². The van der Waals surface area contributed by atoms with Crippen LogP contribution < -0.4 is 5.56 Å². The number of aryl methyl sites for hydroxylation is 1. The predicted octanol–water partition coefficient (Wildman–Crippen LogP) is 1.51. The summed E-state index contributed by atoms with van der Waals surface area (Å²) in [5.74, 6) is -0.152. The Morgan fingerprint density at radius 2 is 2.00 bits per heavy atom. The highest BCUT2D eigenvalue weighted by Gasteiger charge is 2.14. The van der Waals surface area contributed by atoms with E-state index in [0.29, 0.717) is 17.6 Å². The van der Waals surface area contributed by atoms with Crippen molar-refractivity contribution in [1.29, 1.82) is 0 Å². The van der Waals surface area contributed by atoms with Crippen molar-refractivity contribution in [3.05, 3.63) is 52.7 Å². The Morgan fingerprint density at radius 3 is 2.68 bits per heavy atom. The molecular weight excluding hydrogens is 338 g/mol. The van der Waals surface area contributed by atoms with Crippen LogP contribution in [0.15, 0.2) is 46.5 Å². The smallest absolute Gasteiger partial charge is 0.264 e. The van der Waals surface area contributed by atoms with E-state index in [-0.39, 0.29) is 18.0 Å². The molecule has 0 spiro atoms. The van der Waals surface area contributed by atoms with Gasteiger partial charge < -0.3 is 4.90 Å². The van der Waals surface area contributed by atoms with Crippen LogP contribution in [0.2, 0.25) is 0 Å². The van der Waals surface area contributed by atoms with E-state index in [2.05, 4.69) is 10.1 Å². The van der Waals surface area contributed by atoms with Gasteiger partial charge in [-0.25, -0.2) is 4.98 Å². The van der Waals surface area contributed by atoms with E-state index in [1.165, 1.54) is 26.7 Å². The third-order valence-electron chi connectivity index (χ3n) is 4.03. The molecule has 0 bridgehead atoms. The lowest BCUT2D eigenvalue weighted by atomic mass is 10.2. The zero-order valence-electron chi connectivity index (χ0n) is 14.3. The van der Waals surface area contributed by atoms with Crippen molar-refractivity contribution >= 4 is 28.7 Å². The van der Waals surface area contributed by atoms with Crippen LogP contribution in [0, 0.1) is 0 Å². The average Bonchev–Trinajstić information content (AvgIpc) is 2.99. The highest BCUT2D eigenvalue weighted by molar-refractivity contribution is 7.98. The van der Waals surface area contributed by atoms with Crippen LogP contribution >= 0.6 is 11.8 Å². The zero-order chi connectivity index (χ0) is 18.0. The molecule has 0 saturated heterocycles. The molecule has 0 aliphatic rings. The first kappa shape index (κ1) is 17.2. The number of thioether (sulfide) groups is 1. The van der Waals surface area contributed by atoms with Crippen LogP contribution in [-0.4, -0.2) is 43.4 Å². The van der Waals surface area contributed by atoms with Gasteiger partial charge in [0.1, 0.15) is 18.3 Å². The Kier molecular flexibility index (Phi) is 4.89. The van der Waals surface area contributed by atoms with Crippen molar-refractivity contribution in [3.63, 3.8) is 0 Å². The lowest BCUT2D eigenvalue weighted by molar-refractivity contribution is -0.131. The van der Waals surface area contributed by atoms with Gasteiger partial charge in [0.2, 0.25) is 5.91 Å². The molecule has 0 saturated carbocycles. The summed E-state index contributed by atoms with van der Waals surface area (Å²) in [4.78, 5) is 31.9. The molecule has 7 nitrogen and oxygen atoms in total. The molecule has 0 aliphatic heterocycles. The van der Waals surface area contributed by atoms with Crippen LogP contribution in [0.25, 0.3) is 11.0 Å². The number of likely N-dealkylation sites (N-methyl/N-ethyl adjacent to an activating group) is 1. The molecule has 0 N–H and O–H groups in total. The Labute approximate surface area is 149 Å². The third kappa shape index (κ3) is 3.58. The van der Waals surface area contributed by atoms with E-state index >= 15 is 0 Å². The van der Waals surface area contributed by atoms with Gasteiger partial charge in [-0.1, -0.05) is 12.1 Å². The summed E-state index contributed by atoms with van der Waals surface area (Å²) < 4.78 is 2.85. The van der Waals surface area contributed by atoms with Crippen LogP contribution in [-0.2, 0) is 24.9 Å². The number of nitrogens with zero attached hydrogens (tertiary/aromatic N) is 5. The van der Waals surface area contributed by atoms with Crippen LogP contribution in [0.5, 0.6) is 0 Å². The Balaban J connectivity index is 1.72. The number of fused-ring (bicyclic) bond motifs is 1. The lowest BCUT2D eigenvalue weighted by Gasteiger charge is -2.18. The fourth-order valence-corrected chi connectivity index (χ4v) is 2.95. The number of benzene rings is 1. The highest BCUT2D eigenvalue weighted by Crippen LogP contribution is 2.15. The number of aromatic nitrogens is 4. The van der Waals surface area contributed by atoms with E-state index in [4.69, 9.17) is 0 Å². The van der Waals surface area contributed by atoms with Crippen molar-refractivity contribution in [3.8, 4) is 0 Å². The molecule has 3 aromatic rings. The molecule has 130 valence electrons. The molecule has 0 atom stereocenters. The maximum absolute atomic E-state index is 12.4. The number of carbonyl (C=O) groups is 1. The number of amides is 1. The minimum Gasteiger partial charge on any atom is -0.340 e. The molecule has 0 unspecified atom stereocenters. The van der Waals surface area contributed by atoms with Crippen molar-refractivity contribution < 1.29 is 4.79 Å². The van der Waals surface area contributed by atoms with E-state index in [0.717, 1.165) is 5.56 Å². The maximum Gasteiger partial charge on any atom is 0.264 e. The Morgan fingerprint density at radius 1 is 1.28 bits per heavy atom. The van der Waals surface area contributed by atoms with Gasteiger partial charge in [0.25, 0.3) is 5.56 Å². The quantitative estimate of drug-likeness (QED) is 0.647. The summed E-state index contributed by atoms with van der Waals surface area (Å²) in [5, 5.41) is 4.44. The first-order valence-electron chi connectivity index (χ1n) is 7.73. The molecule has 1 aromatic carbocycles. The molecule has 0 aliphatic carbocycles. The van der Waals surface area contributed by atoms with Crippen LogP contribution in [0.1, 0.15) is 5.56 Å². The number of rotatable bonds is 5. The first-order valence-corrected chi connectivity index (χ1v) is 8.96. The Hall–Kier alpha value is -2.61. The van der Waals surface area contributed by atoms with E-state index in [1.807, 2.05) is 30.5 Å². The van der Waals surface area contributed by atoms with Gasteiger partial charge in [0.05, 0.1) is 6.20 Å². The minimum atomic E-state index is -0.260. The average molecular weight is 357 g/mol. The predicted molar refractivity (Wildman–Crippen MR) is 97.5 cm³/mol. The van der Waals surface area contributed by atoms with Gasteiger partial charge in [-0.05, 0) is 24.0 Å². The largest absolute Gasteiger partial charge is 0.340 e.